The monoisotopic (exact) mass is 522 g/mol. The van der Waals surface area contributed by atoms with E-state index >= 15 is 0 Å². The molecule has 176 valence electrons. The summed E-state index contributed by atoms with van der Waals surface area (Å²) in [5.74, 6) is -0.222. The van der Waals surface area contributed by atoms with E-state index in [0.29, 0.717) is 22.3 Å². The van der Waals surface area contributed by atoms with E-state index in [9.17, 15) is 4.79 Å². The summed E-state index contributed by atoms with van der Waals surface area (Å²) in [5, 5.41) is 3.88. The lowest BCUT2D eigenvalue weighted by Crippen LogP contribution is -2.32. The van der Waals surface area contributed by atoms with E-state index in [4.69, 9.17) is 44.8 Å². The molecule has 0 aliphatic carbocycles. The molecule has 0 atom stereocenters. The van der Waals surface area contributed by atoms with Crippen molar-refractivity contribution in [3.8, 4) is 11.3 Å². The molecule has 0 fully saturated rings. The summed E-state index contributed by atoms with van der Waals surface area (Å²) < 4.78 is 0. The van der Waals surface area contributed by atoms with Crippen molar-refractivity contribution in [2.45, 2.75) is 19.5 Å². The molecule has 1 aliphatic rings. The molecule has 0 saturated carbocycles. The summed E-state index contributed by atoms with van der Waals surface area (Å²) >= 11 is 18.9. The Morgan fingerprint density at radius 2 is 1.63 bits per heavy atom. The van der Waals surface area contributed by atoms with Crippen LogP contribution in [0, 0.1) is 0 Å². The molecule has 0 saturated heterocycles. The van der Waals surface area contributed by atoms with Crippen LogP contribution in [0.2, 0.25) is 15.1 Å². The van der Waals surface area contributed by atoms with Crippen LogP contribution in [-0.4, -0.2) is 27.3 Å². The van der Waals surface area contributed by atoms with Gasteiger partial charge in [-0.05, 0) is 23.8 Å². The largest absolute Gasteiger partial charge is 0.294 e. The van der Waals surface area contributed by atoms with Crippen LogP contribution in [0.3, 0.4) is 0 Å². The van der Waals surface area contributed by atoms with Crippen LogP contribution in [0.4, 0.5) is 5.95 Å². The zero-order chi connectivity index (χ0) is 24.4. The van der Waals surface area contributed by atoms with Crippen LogP contribution in [0.15, 0.2) is 72.8 Å². The summed E-state index contributed by atoms with van der Waals surface area (Å²) in [6, 6.07) is 22.8. The molecule has 4 aromatic rings. The van der Waals surface area contributed by atoms with Crippen LogP contribution in [0.5, 0.6) is 0 Å². The van der Waals surface area contributed by atoms with E-state index in [2.05, 4.69) is 22.3 Å². The van der Waals surface area contributed by atoms with E-state index in [1.807, 2.05) is 42.5 Å². The van der Waals surface area contributed by atoms with Crippen molar-refractivity contribution in [3.05, 3.63) is 110 Å². The first-order valence-corrected chi connectivity index (χ1v) is 12.3. The number of hydrogen-bond acceptors (Lipinski definition) is 4. The number of carbonyl (C=O) groups excluding carboxylic acids is 1. The van der Waals surface area contributed by atoms with Gasteiger partial charge >= 0.3 is 0 Å². The fourth-order valence-electron chi connectivity index (χ4n) is 4.23. The number of benzene rings is 3. The minimum absolute atomic E-state index is 0.188. The Labute approximate surface area is 218 Å². The SMILES string of the molecule is O=C(Nc1nc2c(c(-c3ccccc3Cl)n1)CN(Cc1ccccc1)CC2)c1cccc(Cl)c1Cl. The van der Waals surface area contributed by atoms with E-state index in [1.54, 1.807) is 18.2 Å². The van der Waals surface area contributed by atoms with Crippen molar-refractivity contribution in [3.63, 3.8) is 0 Å². The van der Waals surface area contributed by atoms with E-state index < -0.39 is 5.91 Å². The summed E-state index contributed by atoms with van der Waals surface area (Å²) in [7, 11) is 0. The highest BCUT2D eigenvalue weighted by molar-refractivity contribution is 6.44. The molecule has 1 amide bonds. The first-order chi connectivity index (χ1) is 17.0. The zero-order valence-electron chi connectivity index (χ0n) is 18.6. The average Bonchev–Trinajstić information content (AvgIpc) is 2.86. The molecule has 0 bridgehead atoms. The maximum atomic E-state index is 13.0. The first kappa shape index (κ1) is 23.8. The molecule has 2 heterocycles. The van der Waals surface area contributed by atoms with Crippen molar-refractivity contribution in [2.24, 2.45) is 0 Å². The molecular formula is C27H21Cl3N4O. The third-order valence-electron chi connectivity index (χ3n) is 5.94. The lowest BCUT2D eigenvalue weighted by Gasteiger charge is -2.30. The Morgan fingerprint density at radius 1 is 0.886 bits per heavy atom. The minimum atomic E-state index is -0.427. The van der Waals surface area contributed by atoms with Gasteiger partial charge in [-0.1, -0.05) is 89.4 Å². The van der Waals surface area contributed by atoms with Gasteiger partial charge in [-0.15, -0.1) is 0 Å². The quantitative estimate of drug-likeness (QED) is 0.309. The van der Waals surface area contributed by atoms with E-state index in [-0.39, 0.29) is 16.5 Å². The Kier molecular flexibility index (Phi) is 7.02. The van der Waals surface area contributed by atoms with Gasteiger partial charge in [0, 0.05) is 42.2 Å². The highest BCUT2D eigenvalue weighted by atomic mass is 35.5. The van der Waals surface area contributed by atoms with Gasteiger partial charge in [0.2, 0.25) is 5.95 Å². The lowest BCUT2D eigenvalue weighted by molar-refractivity contribution is 0.102. The number of aromatic nitrogens is 2. The van der Waals surface area contributed by atoms with Gasteiger partial charge in [0.1, 0.15) is 0 Å². The number of carbonyl (C=O) groups is 1. The average molecular weight is 524 g/mol. The Hall–Kier alpha value is -2.96. The number of rotatable bonds is 5. The van der Waals surface area contributed by atoms with E-state index in [0.717, 1.165) is 36.3 Å². The molecule has 5 nitrogen and oxygen atoms in total. The Balaban J connectivity index is 1.51. The predicted octanol–water partition coefficient (Wildman–Crippen LogP) is 6.91. The Morgan fingerprint density at radius 3 is 2.43 bits per heavy atom. The fourth-order valence-corrected chi connectivity index (χ4v) is 4.84. The first-order valence-electron chi connectivity index (χ1n) is 11.2. The van der Waals surface area contributed by atoms with Crippen molar-refractivity contribution < 1.29 is 4.79 Å². The smallest absolute Gasteiger partial charge is 0.259 e. The lowest BCUT2D eigenvalue weighted by atomic mass is 9.98. The standard InChI is InChI=1S/C27H21Cl3N4O/c28-21-11-5-4-9-18(21)25-20-16-34(15-17-7-2-1-3-8-17)14-13-23(20)31-27(32-25)33-26(35)19-10-6-12-22(29)24(19)30/h1-12H,13-16H2,(H,31,32,33,35). The highest BCUT2D eigenvalue weighted by Gasteiger charge is 2.25. The molecule has 35 heavy (non-hydrogen) atoms. The van der Waals surface area contributed by atoms with Crippen LogP contribution in [-0.2, 0) is 19.5 Å². The fraction of sp³-hybridized carbons (Fsp3) is 0.148. The second kappa shape index (κ2) is 10.3. The summed E-state index contributed by atoms with van der Waals surface area (Å²) in [4.78, 5) is 24.8. The normalized spacial score (nSPS) is 13.3. The molecule has 1 aromatic heterocycles. The van der Waals surface area contributed by atoms with Gasteiger partial charge in [-0.2, -0.15) is 0 Å². The number of hydrogen-bond donors (Lipinski definition) is 1. The number of fused-ring (bicyclic) bond motifs is 1. The van der Waals surface area contributed by atoms with Crippen LogP contribution < -0.4 is 5.32 Å². The summed E-state index contributed by atoms with van der Waals surface area (Å²) in [5.41, 5.74) is 4.93. The number of amides is 1. The van der Waals surface area contributed by atoms with Crippen molar-refractivity contribution in [2.75, 3.05) is 11.9 Å². The third-order valence-corrected chi connectivity index (χ3v) is 7.09. The molecule has 0 unspecified atom stereocenters. The second-order valence-corrected chi connectivity index (χ2v) is 9.50. The topological polar surface area (TPSA) is 58.1 Å². The number of nitrogens with one attached hydrogen (secondary N) is 1. The van der Waals surface area contributed by atoms with Crippen LogP contribution in [0.25, 0.3) is 11.3 Å². The molecule has 5 rings (SSSR count). The minimum Gasteiger partial charge on any atom is -0.294 e. The van der Waals surface area contributed by atoms with Crippen molar-refractivity contribution in [1.82, 2.24) is 14.9 Å². The number of halogens is 3. The van der Waals surface area contributed by atoms with Crippen LogP contribution in [0.1, 0.15) is 27.2 Å². The van der Waals surface area contributed by atoms with Gasteiger partial charge in [0.05, 0.1) is 27.0 Å². The van der Waals surface area contributed by atoms with Crippen molar-refractivity contribution in [1.29, 1.82) is 0 Å². The van der Waals surface area contributed by atoms with Gasteiger partial charge in [0.15, 0.2) is 0 Å². The molecule has 0 radical (unpaired) electrons. The molecule has 0 spiro atoms. The zero-order valence-corrected chi connectivity index (χ0v) is 20.9. The van der Waals surface area contributed by atoms with Gasteiger partial charge in [-0.3, -0.25) is 15.0 Å². The summed E-state index contributed by atoms with van der Waals surface area (Å²) in [6.45, 7) is 2.35. The number of anilines is 1. The molecule has 8 heteroatoms. The van der Waals surface area contributed by atoms with Gasteiger partial charge < -0.3 is 0 Å². The molecule has 1 aliphatic heterocycles. The van der Waals surface area contributed by atoms with Gasteiger partial charge in [0.25, 0.3) is 5.91 Å². The second-order valence-electron chi connectivity index (χ2n) is 8.30. The molecular weight excluding hydrogens is 503 g/mol. The summed E-state index contributed by atoms with van der Waals surface area (Å²) in [6.07, 6.45) is 0.725. The predicted molar refractivity (Wildman–Crippen MR) is 141 cm³/mol. The molecule has 1 N–H and O–H groups in total. The van der Waals surface area contributed by atoms with E-state index in [1.165, 1.54) is 5.56 Å². The maximum Gasteiger partial charge on any atom is 0.259 e. The molecule has 3 aromatic carbocycles. The van der Waals surface area contributed by atoms with Crippen LogP contribution >= 0.6 is 34.8 Å². The third kappa shape index (κ3) is 5.19. The number of nitrogens with zero attached hydrogens (tertiary/aromatic N) is 3. The maximum absolute atomic E-state index is 13.0. The highest BCUT2D eigenvalue weighted by Crippen LogP contribution is 2.34. The van der Waals surface area contributed by atoms with Gasteiger partial charge in [-0.25, -0.2) is 9.97 Å². The van der Waals surface area contributed by atoms with Crippen molar-refractivity contribution >= 4 is 46.7 Å². The Bertz CT molecular complexity index is 1390.